The number of nitrogens with zero attached hydrogens (tertiary/aromatic N) is 4. The highest BCUT2D eigenvalue weighted by Crippen LogP contribution is 2.28. The van der Waals surface area contributed by atoms with E-state index in [4.69, 9.17) is 11.6 Å². The molecule has 0 unspecified atom stereocenters. The van der Waals surface area contributed by atoms with Crippen LogP contribution in [0, 0.1) is 10.1 Å². The Balaban J connectivity index is 2.23. The van der Waals surface area contributed by atoms with E-state index in [0.717, 1.165) is 38.1 Å². The van der Waals surface area contributed by atoms with Crippen molar-refractivity contribution in [3.63, 3.8) is 0 Å². The quantitative estimate of drug-likeness (QED) is 0.314. The molecule has 0 fully saturated rings. The maximum absolute atomic E-state index is 13.3. The molecule has 0 heterocycles. The highest BCUT2D eigenvalue weighted by Gasteiger charge is 2.22. The van der Waals surface area contributed by atoms with Gasteiger partial charge in [-0.1, -0.05) is 17.7 Å². The lowest BCUT2D eigenvalue weighted by Gasteiger charge is -2.24. The minimum Gasteiger partial charge on any atom is -0.339 e. The molecule has 1 amide bonds. The molecular weight excluding hydrogens is 494 g/mol. The van der Waals surface area contributed by atoms with Crippen LogP contribution in [-0.2, 0) is 10.0 Å². The van der Waals surface area contributed by atoms with Gasteiger partial charge in [-0.2, -0.15) is 0 Å². The van der Waals surface area contributed by atoms with Gasteiger partial charge in [0.25, 0.3) is 21.6 Å². The molecule has 192 valence electrons. The number of hydrogen-bond acceptors (Lipinski definition) is 7. The van der Waals surface area contributed by atoms with Crippen molar-refractivity contribution < 1.29 is 18.1 Å². The number of carbonyl (C=O) groups is 1. The first-order valence-electron chi connectivity index (χ1n) is 11.1. The van der Waals surface area contributed by atoms with Crippen LogP contribution < -0.4 is 4.72 Å². The number of amides is 1. The highest BCUT2D eigenvalue weighted by atomic mass is 35.5. The lowest BCUT2D eigenvalue weighted by atomic mass is 10.1. The van der Waals surface area contributed by atoms with E-state index in [9.17, 15) is 23.3 Å². The lowest BCUT2D eigenvalue weighted by molar-refractivity contribution is -0.384. The smallest absolute Gasteiger partial charge is 0.289 e. The van der Waals surface area contributed by atoms with Crippen molar-refractivity contribution in [2.75, 3.05) is 59.1 Å². The van der Waals surface area contributed by atoms with Crippen LogP contribution in [0.25, 0.3) is 0 Å². The summed E-state index contributed by atoms with van der Waals surface area (Å²) in [6, 6.07) is 9.45. The summed E-state index contributed by atoms with van der Waals surface area (Å²) in [5.74, 6) is -0.189. The molecule has 2 aromatic rings. The van der Waals surface area contributed by atoms with Crippen LogP contribution >= 0.6 is 11.6 Å². The Labute approximate surface area is 211 Å². The molecule has 2 aromatic carbocycles. The summed E-state index contributed by atoms with van der Waals surface area (Å²) < 4.78 is 28.1. The second kappa shape index (κ2) is 12.8. The highest BCUT2D eigenvalue weighted by molar-refractivity contribution is 7.92. The molecule has 0 saturated carbocycles. The second-order valence-electron chi connectivity index (χ2n) is 8.66. The Morgan fingerprint density at radius 2 is 1.57 bits per heavy atom. The van der Waals surface area contributed by atoms with Crippen molar-refractivity contribution in [2.24, 2.45) is 0 Å². The molecule has 0 bridgehead atoms. The Kier molecular flexibility index (Phi) is 10.4. The van der Waals surface area contributed by atoms with E-state index in [2.05, 4.69) is 14.5 Å². The van der Waals surface area contributed by atoms with Crippen LogP contribution in [0.4, 0.5) is 11.4 Å². The van der Waals surface area contributed by atoms with Gasteiger partial charge in [0.15, 0.2) is 0 Å². The van der Waals surface area contributed by atoms with Gasteiger partial charge in [0.2, 0.25) is 0 Å². The third-order valence-corrected chi connectivity index (χ3v) is 6.84. The first-order valence-corrected chi connectivity index (χ1v) is 12.9. The van der Waals surface area contributed by atoms with Gasteiger partial charge in [0.1, 0.15) is 5.02 Å². The number of halogens is 1. The van der Waals surface area contributed by atoms with Crippen LogP contribution in [0.5, 0.6) is 0 Å². The number of sulfonamides is 1. The molecule has 0 atom stereocenters. The largest absolute Gasteiger partial charge is 0.339 e. The van der Waals surface area contributed by atoms with Gasteiger partial charge in [0, 0.05) is 30.4 Å². The zero-order valence-electron chi connectivity index (χ0n) is 20.4. The molecule has 0 saturated heterocycles. The van der Waals surface area contributed by atoms with Crippen LogP contribution in [0.1, 0.15) is 23.2 Å². The van der Waals surface area contributed by atoms with E-state index < -0.39 is 20.6 Å². The molecule has 12 heteroatoms. The third kappa shape index (κ3) is 8.77. The maximum Gasteiger partial charge on any atom is 0.289 e. The normalized spacial score (nSPS) is 11.6. The topological polar surface area (TPSA) is 116 Å². The summed E-state index contributed by atoms with van der Waals surface area (Å²) in [4.78, 5) is 29.2. The van der Waals surface area contributed by atoms with E-state index in [0.29, 0.717) is 18.7 Å². The summed E-state index contributed by atoms with van der Waals surface area (Å²) in [6.07, 6.45) is 1.62. The average molecular weight is 526 g/mol. The number of hydrogen-bond donors (Lipinski definition) is 1. The number of nitro benzene ring substituents is 1. The molecule has 2 rings (SSSR count). The van der Waals surface area contributed by atoms with Gasteiger partial charge in [-0.15, -0.1) is 0 Å². The molecule has 0 spiro atoms. The standard InChI is InChI=1S/C23H32ClN5O5S/c1-26(2)12-6-14-28(15-7-13-27(3)4)23(30)18-8-5-9-19(16-18)25-35(33,34)20-10-11-21(24)22(17-20)29(31)32/h5,8-11,16-17,25H,6-7,12-15H2,1-4H3. The average Bonchev–Trinajstić information content (AvgIpc) is 2.77. The summed E-state index contributed by atoms with van der Waals surface area (Å²) >= 11 is 5.79. The summed E-state index contributed by atoms with van der Waals surface area (Å²) in [6.45, 7) is 2.83. The fourth-order valence-electron chi connectivity index (χ4n) is 3.38. The van der Waals surface area contributed by atoms with Crippen molar-refractivity contribution >= 4 is 38.9 Å². The first-order chi connectivity index (χ1) is 16.4. The van der Waals surface area contributed by atoms with Gasteiger partial charge < -0.3 is 14.7 Å². The van der Waals surface area contributed by atoms with Crippen molar-refractivity contribution in [1.29, 1.82) is 0 Å². The number of nitro groups is 1. The molecule has 0 aliphatic carbocycles. The number of anilines is 1. The first kappa shape index (κ1) is 28.5. The molecule has 1 N–H and O–H groups in total. The van der Waals surface area contributed by atoms with E-state index in [1.807, 2.05) is 28.2 Å². The van der Waals surface area contributed by atoms with Crippen molar-refractivity contribution in [1.82, 2.24) is 14.7 Å². The molecule has 10 nitrogen and oxygen atoms in total. The Hall–Kier alpha value is -2.73. The third-order valence-electron chi connectivity index (χ3n) is 5.14. The number of carbonyl (C=O) groups excluding carboxylic acids is 1. The van der Waals surface area contributed by atoms with Gasteiger partial charge in [0.05, 0.1) is 9.82 Å². The Bertz CT molecular complexity index is 1130. The number of rotatable bonds is 13. The van der Waals surface area contributed by atoms with E-state index in [-0.39, 0.29) is 21.5 Å². The minimum absolute atomic E-state index is 0.162. The predicted octanol–water partition coefficient (Wildman–Crippen LogP) is 3.39. The number of benzene rings is 2. The molecule has 0 aromatic heterocycles. The van der Waals surface area contributed by atoms with Gasteiger partial charge in [-0.05, 0) is 84.5 Å². The Morgan fingerprint density at radius 3 is 2.11 bits per heavy atom. The molecular formula is C23H32ClN5O5S. The predicted molar refractivity (Wildman–Crippen MR) is 138 cm³/mol. The summed E-state index contributed by atoms with van der Waals surface area (Å²) in [5.41, 5.74) is 0.0153. The molecule has 0 aliphatic rings. The monoisotopic (exact) mass is 525 g/mol. The van der Waals surface area contributed by atoms with E-state index >= 15 is 0 Å². The van der Waals surface area contributed by atoms with Gasteiger partial charge in [-0.25, -0.2) is 8.42 Å². The Morgan fingerprint density at radius 1 is 0.971 bits per heavy atom. The zero-order valence-corrected chi connectivity index (χ0v) is 22.0. The number of nitrogens with one attached hydrogen (secondary N) is 1. The second-order valence-corrected chi connectivity index (χ2v) is 10.8. The van der Waals surface area contributed by atoms with Crippen LogP contribution in [-0.4, -0.2) is 88.3 Å². The molecule has 35 heavy (non-hydrogen) atoms. The van der Waals surface area contributed by atoms with Crippen molar-refractivity contribution in [3.05, 3.63) is 63.2 Å². The van der Waals surface area contributed by atoms with Crippen LogP contribution in [0.2, 0.25) is 5.02 Å². The SMILES string of the molecule is CN(C)CCCN(CCCN(C)C)C(=O)c1cccc(NS(=O)(=O)c2ccc(Cl)c([N+](=O)[O-])c2)c1. The van der Waals surface area contributed by atoms with Crippen LogP contribution in [0.3, 0.4) is 0 Å². The lowest BCUT2D eigenvalue weighted by Crippen LogP contribution is -2.35. The molecule has 0 radical (unpaired) electrons. The van der Waals surface area contributed by atoms with E-state index in [1.54, 1.807) is 17.0 Å². The molecule has 0 aliphatic heterocycles. The fraction of sp³-hybridized carbons (Fsp3) is 0.435. The maximum atomic E-state index is 13.3. The van der Waals surface area contributed by atoms with Gasteiger partial charge in [-0.3, -0.25) is 19.6 Å². The zero-order chi connectivity index (χ0) is 26.2. The summed E-state index contributed by atoms with van der Waals surface area (Å²) in [7, 11) is 3.76. The van der Waals surface area contributed by atoms with Crippen molar-refractivity contribution in [2.45, 2.75) is 17.7 Å². The minimum atomic E-state index is -4.15. The van der Waals surface area contributed by atoms with E-state index in [1.165, 1.54) is 18.2 Å². The van der Waals surface area contributed by atoms with Crippen LogP contribution in [0.15, 0.2) is 47.4 Å². The van der Waals surface area contributed by atoms with Crippen molar-refractivity contribution in [3.8, 4) is 0 Å². The fourth-order valence-corrected chi connectivity index (χ4v) is 4.64. The van der Waals surface area contributed by atoms with Gasteiger partial charge >= 0.3 is 0 Å². The summed E-state index contributed by atoms with van der Waals surface area (Å²) in [5, 5.41) is 11.0.